The molecule has 26 heavy (non-hydrogen) atoms. The van der Waals surface area contributed by atoms with Crippen LogP contribution in [0.1, 0.15) is 29.2 Å². The summed E-state index contributed by atoms with van der Waals surface area (Å²) in [6.45, 7) is 4.82. The molecule has 3 heterocycles. The highest BCUT2D eigenvalue weighted by molar-refractivity contribution is 7.07. The first-order chi connectivity index (χ1) is 12.5. The standard InChI is InChI=1S/C17H22N4O4S/c1-10-13(17(23)20-11(2)19-10)5-16(22)21-14-7-24-4-3-15(14)25-6-12-8-26-9-18-12/h8-9,14-15H,3-7H2,1-2H3,(H,21,22)(H,19,20,23)/t14-,15+/m1/s1. The number of thiazole rings is 1. The van der Waals surface area contributed by atoms with Crippen LogP contribution in [0.15, 0.2) is 15.7 Å². The summed E-state index contributed by atoms with van der Waals surface area (Å²) in [5.41, 5.74) is 3.31. The number of aryl methyl sites for hydroxylation is 2. The van der Waals surface area contributed by atoms with Crippen LogP contribution in [0.5, 0.6) is 0 Å². The van der Waals surface area contributed by atoms with E-state index < -0.39 is 0 Å². The molecule has 3 rings (SSSR count). The molecule has 2 aromatic rings. The van der Waals surface area contributed by atoms with Gasteiger partial charge in [0.1, 0.15) is 5.82 Å². The van der Waals surface area contributed by atoms with Gasteiger partial charge in [0.05, 0.1) is 43.0 Å². The number of nitrogens with one attached hydrogen (secondary N) is 2. The number of amides is 1. The van der Waals surface area contributed by atoms with E-state index in [4.69, 9.17) is 9.47 Å². The first-order valence-corrected chi connectivity index (χ1v) is 9.39. The summed E-state index contributed by atoms with van der Waals surface area (Å²) in [6.07, 6.45) is 0.523. The molecule has 1 aliphatic heterocycles. The first kappa shape index (κ1) is 18.7. The van der Waals surface area contributed by atoms with E-state index in [1.54, 1.807) is 19.4 Å². The van der Waals surface area contributed by atoms with Crippen molar-refractivity contribution < 1.29 is 14.3 Å². The summed E-state index contributed by atoms with van der Waals surface area (Å²) in [5.74, 6) is 0.287. The number of H-pyrrole nitrogens is 1. The fourth-order valence-corrected chi connectivity index (χ4v) is 3.47. The Balaban J connectivity index is 1.60. The lowest BCUT2D eigenvalue weighted by Gasteiger charge is -2.32. The second-order valence-electron chi connectivity index (χ2n) is 6.26. The van der Waals surface area contributed by atoms with Gasteiger partial charge >= 0.3 is 0 Å². The van der Waals surface area contributed by atoms with Crippen LogP contribution in [0.4, 0.5) is 0 Å². The zero-order chi connectivity index (χ0) is 18.5. The molecule has 2 N–H and O–H groups in total. The normalized spacial score (nSPS) is 20.1. The third kappa shape index (κ3) is 4.75. The molecule has 1 aliphatic rings. The molecule has 0 unspecified atom stereocenters. The van der Waals surface area contributed by atoms with Crippen molar-refractivity contribution in [3.05, 3.63) is 44.0 Å². The number of hydrogen-bond acceptors (Lipinski definition) is 7. The summed E-state index contributed by atoms with van der Waals surface area (Å²) >= 11 is 1.52. The number of carbonyl (C=O) groups excluding carboxylic acids is 1. The number of hydrogen-bond donors (Lipinski definition) is 2. The minimum Gasteiger partial charge on any atom is -0.379 e. The zero-order valence-corrected chi connectivity index (χ0v) is 15.6. The van der Waals surface area contributed by atoms with Crippen LogP contribution in [-0.4, -0.2) is 46.2 Å². The average molecular weight is 378 g/mol. The Kier molecular flexibility index (Phi) is 6.12. The number of rotatable bonds is 6. The maximum atomic E-state index is 12.4. The number of aromatic nitrogens is 3. The van der Waals surface area contributed by atoms with Crippen LogP contribution < -0.4 is 10.9 Å². The quantitative estimate of drug-likeness (QED) is 0.773. The van der Waals surface area contributed by atoms with Crippen molar-refractivity contribution in [3.63, 3.8) is 0 Å². The lowest BCUT2D eigenvalue weighted by Crippen LogP contribution is -2.51. The molecule has 0 aromatic carbocycles. The van der Waals surface area contributed by atoms with Gasteiger partial charge in [-0.25, -0.2) is 9.97 Å². The van der Waals surface area contributed by atoms with Gasteiger partial charge in [-0.3, -0.25) is 9.59 Å². The third-order valence-electron chi connectivity index (χ3n) is 4.25. The summed E-state index contributed by atoms with van der Waals surface area (Å²) < 4.78 is 11.4. The second kappa shape index (κ2) is 8.52. The predicted molar refractivity (Wildman–Crippen MR) is 96.1 cm³/mol. The van der Waals surface area contributed by atoms with Gasteiger partial charge in [0.15, 0.2) is 0 Å². The zero-order valence-electron chi connectivity index (χ0n) is 14.8. The topological polar surface area (TPSA) is 106 Å². The predicted octanol–water partition coefficient (Wildman–Crippen LogP) is 0.876. The molecular weight excluding hydrogens is 356 g/mol. The number of carbonyl (C=O) groups is 1. The fraction of sp³-hybridized carbons (Fsp3) is 0.529. The average Bonchev–Trinajstić information content (AvgIpc) is 3.11. The van der Waals surface area contributed by atoms with Crippen molar-refractivity contribution in [2.45, 2.75) is 45.4 Å². The van der Waals surface area contributed by atoms with Gasteiger partial charge in [-0.2, -0.15) is 0 Å². The first-order valence-electron chi connectivity index (χ1n) is 8.45. The maximum Gasteiger partial charge on any atom is 0.254 e. The van der Waals surface area contributed by atoms with E-state index in [2.05, 4.69) is 20.3 Å². The van der Waals surface area contributed by atoms with Crippen molar-refractivity contribution in [3.8, 4) is 0 Å². The Morgan fingerprint density at radius 1 is 1.50 bits per heavy atom. The molecule has 2 atom stereocenters. The third-order valence-corrected chi connectivity index (χ3v) is 4.88. The highest BCUT2D eigenvalue weighted by Gasteiger charge is 2.28. The van der Waals surface area contributed by atoms with Gasteiger partial charge in [-0.15, -0.1) is 11.3 Å². The SMILES string of the molecule is Cc1nc(C)c(CC(=O)N[C@@H]2COCC[C@@H]2OCc2cscn2)c(=O)[nH]1. The molecule has 1 amide bonds. The Morgan fingerprint density at radius 2 is 2.35 bits per heavy atom. The number of nitrogens with zero attached hydrogens (tertiary/aromatic N) is 2. The molecule has 140 valence electrons. The summed E-state index contributed by atoms with van der Waals surface area (Å²) in [5, 5.41) is 4.87. The Morgan fingerprint density at radius 3 is 3.08 bits per heavy atom. The van der Waals surface area contributed by atoms with Crippen LogP contribution in [-0.2, 0) is 27.3 Å². The highest BCUT2D eigenvalue weighted by Crippen LogP contribution is 2.15. The van der Waals surface area contributed by atoms with Crippen LogP contribution >= 0.6 is 11.3 Å². The van der Waals surface area contributed by atoms with Crippen LogP contribution in [0, 0.1) is 13.8 Å². The van der Waals surface area contributed by atoms with E-state index in [0.29, 0.717) is 43.3 Å². The molecule has 0 aliphatic carbocycles. The number of aromatic amines is 1. The van der Waals surface area contributed by atoms with Crippen molar-refractivity contribution in [2.24, 2.45) is 0 Å². The van der Waals surface area contributed by atoms with E-state index in [9.17, 15) is 9.59 Å². The van der Waals surface area contributed by atoms with Gasteiger partial charge in [0.25, 0.3) is 5.56 Å². The molecule has 8 nitrogen and oxygen atoms in total. The summed E-state index contributed by atoms with van der Waals surface area (Å²) in [6, 6.07) is -0.257. The van der Waals surface area contributed by atoms with E-state index in [-0.39, 0.29) is 30.0 Å². The van der Waals surface area contributed by atoms with E-state index in [0.717, 1.165) is 5.69 Å². The Bertz CT molecular complexity index is 806. The smallest absolute Gasteiger partial charge is 0.254 e. The molecule has 1 fully saturated rings. The molecular formula is C17H22N4O4S. The molecule has 9 heteroatoms. The van der Waals surface area contributed by atoms with E-state index in [1.165, 1.54) is 11.3 Å². The lowest BCUT2D eigenvalue weighted by molar-refractivity contribution is -0.126. The van der Waals surface area contributed by atoms with Gasteiger partial charge < -0.3 is 19.8 Å². The molecule has 0 radical (unpaired) electrons. The van der Waals surface area contributed by atoms with Gasteiger partial charge in [-0.1, -0.05) is 0 Å². The molecule has 0 spiro atoms. The van der Waals surface area contributed by atoms with Crippen molar-refractivity contribution in [1.29, 1.82) is 0 Å². The van der Waals surface area contributed by atoms with Crippen LogP contribution in [0.25, 0.3) is 0 Å². The Labute approximate surface area is 155 Å². The van der Waals surface area contributed by atoms with Crippen molar-refractivity contribution in [2.75, 3.05) is 13.2 Å². The van der Waals surface area contributed by atoms with E-state index >= 15 is 0 Å². The van der Waals surface area contributed by atoms with Gasteiger partial charge in [0.2, 0.25) is 5.91 Å². The molecule has 0 saturated carbocycles. The number of ether oxygens (including phenoxy) is 2. The molecule has 1 saturated heterocycles. The summed E-state index contributed by atoms with van der Waals surface area (Å²) in [7, 11) is 0. The van der Waals surface area contributed by atoms with E-state index in [1.807, 2.05) is 5.38 Å². The van der Waals surface area contributed by atoms with Crippen LogP contribution in [0.3, 0.4) is 0 Å². The molecule has 0 bridgehead atoms. The minimum absolute atomic E-state index is 0.0241. The fourth-order valence-electron chi connectivity index (χ4n) is 2.93. The van der Waals surface area contributed by atoms with Crippen molar-refractivity contribution in [1.82, 2.24) is 20.3 Å². The second-order valence-corrected chi connectivity index (χ2v) is 6.98. The lowest BCUT2D eigenvalue weighted by atomic mass is 10.1. The molecule has 2 aromatic heterocycles. The van der Waals surface area contributed by atoms with Gasteiger partial charge in [-0.05, 0) is 20.3 Å². The minimum atomic E-state index is -0.277. The van der Waals surface area contributed by atoms with Gasteiger partial charge in [0, 0.05) is 23.2 Å². The Hall–Kier alpha value is -2.10. The van der Waals surface area contributed by atoms with Crippen molar-refractivity contribution >= 4 is 17.2 Å². The maximum absolute atomic E-state index is 12.4. The monoisotopic (exact) mass is 378 g/mol. The van der Waals surface area contributed by atoms with Crippen LogP contribution in [0.2, 0.25) is 0 Å². The summed E-state index contributed by atoms with van der Waals surface area (Å²) in [4.78, 5) is 35.5. The highest BCUT2D eigenvalue weighted by atomic mass is 32.1. The largest absolute Gasteiger partial charge is 0.379 e.